The van der Waals surface area contributed by atoms with Crippen LogP contribution in [0.5, 0.6) is 0 Å². The number of thiazole rings is 1. The Labute approximate surface area is 118 Å². The number of benzene rings is 2. The topological polar surface area (TPSA) is 38.9 Å². The van der Waals surface area contributed by atoms with Crippen LogP contribution in [-0.2, 0) is 0 Å². The molecule has 0 saturated carbocycles. The van der Waals surface area contributed by atoms with E-state index in [4.69, 9.17) is 28.9 Å². The Balaban J connectivity index is 2.19. The number of fused-ring (bicyclic) bond motifs is 1. The summed E-state index contributed by atoms with van der Waals surface area (Å²) in [6.07, 6.45) is 0. The zero-order valence-corrected chi connectivity index (χ0v) is 11.5. The predicted molar refractivity (Wildman–Crippen MR) is 79.5 cm³/mol. The maximum Gasteiger partial charge on any atom is 0.124 e. The summed E-state index contributed by atoms with van der Waals surface area (Å²) in [5.74, 6) is 0. The standard InChI is InChI=1S/C13H8Cl2N2S/c14-8-3-7(4-9(15)5-8)13-17-11-2-1-10(16)6-12(11)18-13/h1-6H,16H2. The molecule has 0 aliphatic rings. The fourth-order valence-corrected chi connectivity index (χ4v) is 3.27. The molecule has 3 aromatic rings. The first-order valence-electron chi connectivity index (χ1n) is 5.24. The van der Waals surface area contributed by atoms with Crippen LogP contribution in [0, 0.1) is 0 Å². The smallest absolute Gasteiger partial charge is 0.124 e. The summed E-state index contributed by atoms with van der Waals surface area (Å²) in [5.41, 5.74) is 8.35. The number of hydrogen-bond donors (Lipinski definition) is 1. The normalized spacial score (nSPS) is 11.0. The first-order valence-corrected chi connectivity index (χ1v) is 6.81. The summed E-state index contributed by atoms with van der Waals surface area (Å²) in [5, 5.41) is 2.10. The fraction of sp³-hybridized carbons (Fsp3) is 0. The molecular formula is C13H8Cl2N2S. The molecule has 0 radical (unpaired) electrons. The second kappa shape index (κ2) is 4.43. The van der Waals surface area contributed by atoms with E-state index in [1.165, 1.54) is 0 Å². The predicted octanol–water partition coefficient (Wildman–Crippen LogP) is 4.85. The molecule has 0 spiro atoms. The lowest BCUT2D eigenvalue weighted by atomic mass is 10.2. The zero-order valence-electron chi connectivity index (χ0n) is 9.15. The molecule has 0 amide bonds. The molecule has 0 saturated heterocycles. The van der Waals surface area contributed by atoms with E-state index in [2.05, 4.69) is 4.98 Å². The average molecular weight is 295 g/mol. The molecule has 1 aromatic heterocycles. The van der Waals surface area contributed by atoms with Gasteiger partial charge in [-0.05, 0) is 36.4 Å². The largest absolute Gasteiger partial charge is 0.399 e. The molecule has 18 heavy (non-hydrogen) atoms. The Morgan fingerprint density at radius 1 is 1.00 bits per heavy atom. The molecule has 3 rings (SSSR count). The van der Waals surface area contributed by atoms with Crippen LogP contribution in [0.4, 0.5) is 5.69 Å². The van der Waals surface area contributed by atoms with Gasteiger partial charge in [0.1, 0.15) is 5.01 Å². The minimum atomic E-state index is 0.608. The molecule has 2 N–H and O–H groups in total. The number of hydrogen-bond acceptors (Lipinski definition) is 3. The Hall–Kier alpha value is -1.29. The first-order chi connectivity index (χ1) is 8.61. The van der Waals surface area contributed by atoms with Crippen molar-refractivity contribution in [1.29, 1.82) is 0 Å². The van der Waals surface area contributed by atoms with E-state index in [1.807, 2.05) is 30.3 Å². The highest BCUT2D eigenvalue weighted by molar-refractivity contribution is 7.21. The third-order valence-electron chi connectivity index (χ3n) is 2.52. The van der Waals surface area contributed by atoms with Crippen molar-refractivity contribution in [2.45, 2.75) is 0 Å². The van der Waals surface area contributed by atoms with Gasteiger partial charge in [0.15, 0.2) is 0 Å². The fourth-order valence-electron chi connectivity index (χ4n) is 1.74. The number of halogens is 2. The molecule has 1 heterocycles. The van der Waals surface area contributed by atoms with Crippen LogP contribution >= 0.6 is 34.5 Å². The molecule has 2 aromatic carbocycles. The first kappa shape index (κ1) is 11.8. The average Bonchev–Trinajstić information content (AvgIpc) is 2.70. The summed E-state index contributed by atoms with van der Waals surface area (Å²) in [4.78, 5) is 4.55. The van der Waals surface area contributed by atoms with Gasteiger partial charge >= 0.3 is 0 Å². The van der Waals surface area contributed by atoms with E-state index < -0.39 is 0 Å². The lowest BCUT2D eigenvalue weighted by molar-refractivity contribution is 1.48. The van der Waals surface area contributed by atoms with Gasteiger partial charge < -0.3 is 5.73 Å². The van der Waals surface area contributed by atoms with Gasteiger partial charge in [-0.15, -0.1) is 11.3 Å². The van der Waals surface area contributed by atoms with E-state index in [0.29, 0.717) is 10.0 Å². The molecule has 2 nitrogen and oxygen atoms in total. The number of anilines is 1. The van der Waals surface area contributed by atoms with Crippen LogP contribution in [-0.4, -0.2) is 4.98 Å². The molecule has 0 fully saturated rings. The van der Waals surface area contributed by atoms with Crippen molar-refractivity contribution in [3.63, 3.8) is 0 Å². The van der Waals surface area contributed by atoms with Gasteiger partial charge in [-0.3, -0.25) is 0 Å². The summed E-state index contributed by atoms with van der Waals surface area (Å²) in [6.45, 7) is 0. The van der Waals surface area contributed by atoms with Crippen molar-refractivity contribution < 1.29 is 0 Å². The highest BCUT2D eigenvalue weighted by Gasteiger charge is 2.08. The Bertz CT molecular complexity index is 717. The van der Waals surface area contributed by atoms with E-state index in [1.54, 1.807) is 17.4 Å². The van der Waals surface area contributed by atoms with Crippen molar-refractivity contribution in [2.24, 2.45) is 0 Å². The summed E-state index contributed by atoms with van der Waals surface area (Å²) >= 11 is 13.6. The molecular weight excluding hydrogens is 287 g/mol. The van der Waals surface area contributed by atoms with Gasteiger partial charge in [0.25, 0.3) is 0 Å². The maximum absolute atomic E-state index is 6.00. The SMILES string of the molecule is Nc1ccc2nc(-c3cc(Cl)cc(Cl)c3)sc2c1. The molecule has 0 bridgehead atoms. The highest BCUT2D eigenvalue weighted by Crippen LogP contribution is 2.33. The summed E-state index contributed by atoms with van der Waals surface area (Å²) in [7, 11) is 0. The monoisotopic (exact) mass is 294 g/mol. The number of rotatable bonds is 1. The van der Waals surface area contributed by atoms with Crippen molar-refractivity contribution >= 4 is 50.4 Å². The van der Waals surface area contributed by atoms with Crippen LogP contribution in [0.15, 0.2) is 36.4 Å². The molecule has 0 atom stereocenters. The van der Waals surface area contributed by atoms with E-state index >= 15 is 0 Å². The van der Waals surface area contributed by atoms with Gasteiger partial charge in [-0.2, -0.15) is 0 Å². The number of nitrogens with zero attached hydrogens (tertiary/aromatic N) is 1. The second-order valence-corrected chi connectivity index (χ2v) is 5.81. The molecule has 0 aliphatic heterocycles. The Morgan fingerprint density at radius 3 is 2.44 bits per heavy atom. The zero-order chi connectivity index (χ0) is 12.7. The minimum Gasteiger partial charge on any atom is -0.399 e. The van der Waals surface area contributed by atoms with Gasteiger partial charge in [-0.25, -0.2) is 4.98 Å². The summed E-state index contributed by atoms with van der Waals surface area (Å²) in [6, 6.07) is 11.1. The molecule has 90 valence electrons. The van der Waals surface area contributed by atoms with Gasteiger partial charge in [0.05, 0.1) is 10.2 Å². The third-order valence-corrected chi connectivity index (χ3v) is 4.03. The number of aromatic nitrogens is 1. The second-order valence-electron chi connectivity index (χ2n) is 3.90. The van der Waals surface area contributed by atoms with Crippen LogP contribution in [0.25, 0.3) is 20.8 Å². The maximum atomic E-state index is 6.00. The molecule has 0 unspecified atom stereocenters. The lowest BCUT2D eigenvalue weighted by Crippen LogP contribution is -1.81. The Kier molecular flexibility index (Phi) is 2.90. The van der Waals surface area contributed by atoms with Gasteiger partial charge in [0, 0.05) is 21.3 Å². The van der Waals surface area contributed by atoms with E-state index in [-0.39, 0.29) is 0 Å². The van der Waals surface area contributed by atoms with Crippen LogP contribution in [0.3, 0.4) is 0 Å². The van der Waals surface area contributed by atoms with Crippen LogP contribution in [0.1, 0.15) is 0 Å². The van der Waals surface area contributed by atoms with E-state index in [9.17, 15) is 0 Å². The minimum absolute atomic E-state index is 0.608. The van der Waals surface area contributed by atoms with Gasteiger partial charge in [0.2, 0.25) is 0 Å². The summed E-state index contributed by atoms with van der Waals surface area (Å²) < 4.78 is 1.06. The Morgan fingerprint density at radius 2 is 1.72 bits per heavy atom. The molecule has 0 aliphatic carbocycles. The quantitative estimate of drug-likeness (QED) is 0.652. The highest BCUT2D eigenvalue weighted by atomic mass is 35.5. The van der Waals surface area contributed by atoms with E-state index in [0.717, 1.165) is 26.5 Å². The number of nitrogens with two attached hydrogens (primary N) is 1. The van der Waals surface area contributed by atoms with Crippen molar-refractivity contribution in [1.82, 2.24) is 4.98 Å². The van der Waals surface area contributed by atoms with Crippen LogP contribution < -0.4 is 5.73 Å². The number of nitrogen functional groups attached to an aromatic ring is 1. The lowest BCUT2D eigenvalue weighted by Gasteiger charge is -1.98. The third kappa shape index (κ3) is 2.17. The van der Waals surface area contributed by atoms with Gasteiger partial charge in [-0.1, -0.05) is 23.2 Å². The van der Waals surface area contributed by atoms with Crippen LogP contribution in [0.2, 0.25) is 10.0 Å². The molecule has 5 heteroatoms. The van der Waals surface area contributed by atoms with Crippen molar-refractivity contribution in [3.8, 4) is 10.6 Å². The van der Waals surface area contributed by atoms with Crippen molar-refractivity contribution in [3.05, 3.63) is 46.4 Å². The van der Waals surface area contributed by atoms with Crippen molar-refractivity contribution in [2.75, 3.05) is 5.73 Å².